The molecule has 0 saturated carbocycles. The van der Waals surface area contributed by atoms with E-state index in [1.165, 1.54) is 0 Å². The number of nitrogens with two attached hydrogens (primary N) is 1. The minimum Gasteiger partial charge on any atom is -0.342 e. The van der Waals surface area contributed by atoms with E-state index in [-0.39, 0.29) is 5.41 Å². The van der Waals surface area contributed by atoms with E-state index < -0.39 is 0 Å². The van der Waals surface area contributed by atoms with E-state index in [1.54, 1.807) is 0 Å². The van der Waals surface area contributed by atoms with Gasteiger partial charge in [0.25, 0.3) is 0 Å². The summed E-state index contributed by atoms with van der Waals surface area (Å²) in [7, 11) is 0. The fourth-order valence-corrected chi connectivity index (χ4v) is 1.90. The van der Waals surface area contributed by atoms with Gasteiger partial charge >= 0.3 is 0 Å². The highest BCUT2D eigenvalue weighted by Gasteiger charge is 2.28. The van der Waals surface area contributed by atoms with Crippen LogP contribution in [-0.4, -0.2) is 30.4 Å². The minimum absolute atomic E-state index is 0.137. The first-order valence-corrected chi connectivity index (χ1v) is 5.96. The first kappa shape index (κ1) is 12.5. The van der Waals surface area contributed by atoms with E-state index in [1.807, 2.05) is 4.90 Å². The second-order valence-electron chi connectivity index (χ2n) is 5.42. The minimum atomic E-state index is 0.137. The van der Waals surface area contributed by atoms with Gasteiger partial charge in [-0.1, -0.05) is 27.2 Å². The van der Waals surface area contributed by atoms with Gasteiger partial charge in [-0.15, -0.1) is 0 Å². The van der Waals surface area contributed by atoms with Crippen molar-refractivity contribution >= 4 is 5.91 Å². The molecule has 1 rings (SSSR count). The summed E-state index contributed by atoms with van der Waals surface area (Å²) in [5.41, 5.74) is 5.75. The van der Waals surface area contributed by atoms with Crippen LogP contribution in [0.1, 0.15) is 40.0 Å². The van der Waals surface area contributed by atoms with Crippen molar-refractivity contribution in [2.24, 2.45) is 17.1 Å². The maximum Gasteiger partial charge on any atom is 0.223 e. The van der Waals surface area contributed by atoms with E-state index in [9.17, 15) is 4.79 Å². The molecule has 1 fully saturated rings. The molecule has 0 spiro atoms. The van der Waals surface area contributed by atoms with Crippen molar-refractivity contribution < 1.29 is 4.79 Å². The summed E-state index contributed by atoms with van der Waals surface area (Å²) in [5.74, 6) is 0.830. The Morgan fingerprint density at radius 2 is 2.20 bits per heavy atom. The van der Waals surface area contributed by atoms with Crippen LogP contribution in [0.25, 0.3) is 0 Å². The molecule has 1 unspecified atom stereocenters. The fraction of sp³-hybridized carbons (Fsp3) is 0.917. The number of amides is 1. The molecular weight excluding hydrogens is 188 g/mol. The summed E-state index contributed by atoms with van der Waals surface area (Å²) in [4.78, 5) is 13.9. The molecule has 15 heavy (non-hydrogen) atoms. The quantitative estimate of drug-likeness (QED) is 0.769. The first-order valence-electron chi connectivity index (χ1n) is 5.96. The average molecular weight is 212 g/mol. The molecule has 2 N–H and O–H groups in total. The smallest absolute Gasteiger partial charge is 0.223 e. The van der Waals surface area contributed by atoms with Crippen LogP contribution in [0.3, 0.4) is 0 Å². The second kappa shape index (κ2) is 4.97. The van der Waals surface area contributed by atoms with Gasteiger partial charge in [-0.05, 0) is 24.3 Å². The second-order valence-corrected chi connectivity index (χ2v) is 5.42. The highest BCUT2D eigenvalue weighted by molar-refractivity contribution is 5.77. The van der Waals surface area contributed by atoms with Crippen LogP contribution in [0.4, 0.5) is 0 Å². The first-order chi connectivity index (χ1) is 6.98. The number of rotatable bonds is 4. The molecule has 0 aliphatic carbocycles. The highest BCUT2D eigenvalue weighted by atomic mass is 16.2. The molecule has 0 aromatic heterocycles. The maximum absolute atomic E-state index is 12.0. The highest BCUT2D eigenvalue weighted by Crippen LogP contribution is 2.27. The summed E-state index contributed by atoms with van der Waals surface area (Å²) in [6.07, 6.45) is 2.79. The lowest BCUT2D eigenvalue weighted by molar-refractivity contribution is -0.132. The van der Waals surface area contributed by atoms with Crippen molar-refractivity contribution in [3.63, 3.8) is 0 Å². The van der Waals surface area contributed by atoms with Gasteiger partial charge in [-0.25, -0.2) is 0 Å². The van der Waals surface area contributed by atoms with Gasteiger partial charge < -0.3 is 10.6 Å². The number of carbonyl (C=O) groups is 1. The summed E-state index contributed by atoms with van der Waals surface area (Å²) in [6.45, 7) is 8.93. The van der Waals surface area contributed by atoms with Crippen LogP contribution in [-0.2, 0) is 4.79 Å². The van der Waals surface area contributed by atoms with Crippen molar-refractivity contribution in [2.45, 2.75) is 40.0 Å². The monoisotopic (exact) mass is 212 g/mol. The van der Waals surface area contributed by atoms with Crippen molar-refractivity contribution in [3.05, 3.63) is 0 Å². The number of hydrogen-bond donors (Lipinski definition) is 1. The normalized spacial score (nSPS) is 22.1. The third-order valence-corrected chi connectivity index (χ3v) is 3.56. The molecule has 1 heterocycles. The zero-order chi connectivity index (χ0) is 11.5. The van der Waals surface area contributed by atoms with Gasteiger partial charge in [0.2, 0.25) is 5.91 Å². The van der Waals surface area contributed by atoms with Crippen LogP contribution < -0.4 is 5.73 Å². The Morgan fingerprint density at radius 3 is 2.67 bits per heavy atom. The summed E-state index contributed by atoms with van der Waals surface area (Å²) >= 11 is 0. The van der Waals surface area contributed by atoms with E-state index in [2.05, 4.69) is 20.8 Å². The van der Waals surface area contributed by atoms with E-state index in [0.717, 1.165) is 25.9 Å². The molecule has 1 atom stereocenters. The number of carbonyl (C=O) groups excluding carboxylic acids is 1. The van der Waals surface area contributed by atoms with Crippen molar-refractivity contribution in [1.29, 1.82) is 0 Å². The van der Waals surface area contributed by atoms with E-state index >= 15 is 0 Å². The summed E-state index contributed by atoms with van der Waals surface area (Å²) < 4.78 is 0. The lowest BCUT2D eigenvalue weighted by Crippen LogP contribution is -2.33. The van der Waals surface area contributed by atoms with Gasteiger partial charge in [0.1, 0.15) is 0 Å². The number of hydrogen-bond acceptors (Lipinski definition) is 2. The predicted octanol–water partition coefficient (Wildman–Crippen LogP) is 1.62. The summed E-state index contributed by atoms with van der Waals surface area (Å²) in [5, 5.41) is 0. The number of likely N-dealkylation sites (tertiary alicyclic amines) is 1. The van der Waals surface area contributed by atoms with Gasteiger partial charge in [-0.3, -0.25) is 4.79 Å². The van der Waals surface area contributed by atoms with Crippen LogP contribution in [0.15, 0.2) is 0 Å². The van der Waals surface area contributed by atoms with Gasteiger partial charge in [0.15, 0.2) is 0 Å². The number of nitrogens with zero attached hydrogens (tertiary/aromatic N) is 1. The molecule has 0 bridgehead atoms. The third kappa shape index (κ3) is 3.49. The van der Waals surface area contributed by atoms with E-state index in [4.69, 9.17) is 5.73 Å². The molecular formula is C12H24N2O. The lowest BCUT2D eigenvalue weighted by atomic mass is 9.86. The Balaban J connectivity index is 2.42. The Kier molecular flexibility index (Phi) is 4.14. The summed E-state index contributed by atoms with van der Waals surface area (Å²) in [6, 6.07) is 0. The van der Waals surface area contributed by atoms with Crippen LogP contribution in [0.5, 0.6) is 0 Å². The lowest BCUT2D eigenvalue weighted by Gasteiger charge is -2.25. The maximum atomic E-state index is 12.0. The van der Waals surface area contributed by atoms with Gasteiger partial charge in [0.05, 0.1) is 0 Å². The molecule has 1 saturated heterocycles. The van der Waals surface area contributed by atoms with Crippen molar-refractivity contribution in [3.8, 4) is 0 Å². The van der Waals surface area contributed by atoms with Crippen LogP contribution in [0.2, 0.25) is 0 Å². The molecule has 1 aliphatic rings. The Hall–Kier alpha value is -0.570. The van der Waals surface area contributed by atoms with Crippen molar-refractivity contribution in [2.75, 3.05) is 19.6 Å². The van der Waals surface area contributed by atoms with Crippen LogP contribution in [0, 0.1) is 11.3 Å². The van der Waals surface area contributed by atoms with Crippen molar-refractivity contribution in [1.82, 2.24) is 4.90 Å². The largest absolute Gasteiger partial charge is 0.342 e. The molecule has 0 radical (unpaired) electrons. The predicted molar refractivity (Wildman–Crippen MR) is 62.4 cm³/mol. The van der Waals surface area contributed by atoms with Gasteiger partial charge in [-0.2, -0.15) is 0 Å². The Bertz CT molecular complexity index is 226. The molecule has 88 valence electrons. The SMILES string of the molecule is CCC(C)(C)CC(=O)N1CCC(CN)C1. The molecule has 1 aliphatic heterocycles. The molecule has 1 amide bonds. The molecule has 3 heteroatoms. The van der Waals surface area contributed by atoms with Gasteiger partial charge in [0, 0.05) is 19.5 Å². The third-order valence-electron chi connectivity index (χ3n) is 3.56. The average Bonchev–Trinajstić information content (AvgIpc) is 2.65. The zero-order valence-corrected chi connectivity index (χ0v) is 10.3. The Labute approximate surface area is 93.0 Å². The molecule has 0 aromatic carbocycles. The van der Waals surface area contributed by atoms with Crippen LogP contribution >= 0.6 is 0 Å². The standard InChI is InChI=1S/C12H24N2O/c1-4-12(2,3)7-11(15)14-6-5-10(8-13)9-14/h10H,4-9,13H2,1-3H3. The molecule has 3 nitrogen and oxygen atoms in total. The van der Waals surface area contributed by atoms with E-state index in [0.29, 0.717) is 24.8 Å². The molecule has 0 aromatic rings. The zero-order valence-electron chi connectivity index (χ0n) is 10.3. The fourth-order valence-electron chi connectivity index (χ4n) is 1.90. The Morgan fingerprint density at radius 1 is 1.53 bits per heavy atom. The topological polar surface area (TPSA) is 46.3 Å².